The van der Waals surface area contributed by atoms with Crippen molar-refractivity contribution in [3.63, 3.8) is 0 Å². The van der Waals surface area contributed by atoms with Crippen LogP contribution in [0.1, 0.15) is 45.4 Å². The van der Waals surface area contributed by atoms with Gasteiger partial charge in [0.2, 0.25) is 23.6 Å². The van der Waals surface area contributed by atoms with Gasteiger partial charge in [-0.2, -0.15) is 0 Å². The quantitative estimate of drug-likeness (QED) is 0.187. The van der Waals surface area contributed by atoms with Crippen LogP contribution < -0.4 is 22.1 Å². The lowest BCUT2D eigenvalue weighted by Crippen LogP contribution is -2.56. The molecule has 1 saturated heterocycles. The molecule has 0 bridgehead atoms. The van der Waals surface area contributed by atoms with E-state index in [-0.39, 0.29) is 32.2 Å². The lowest BCUT2D eigenvalue weighted by atomic mass is 10.1. The molecule has 4 unspecified atom stereocenters. The molecule has 31 heavy (non-hydrogen) atoms. The van der Waals surface area contributed by atoms with Crippen LogP contribution in [0.4, 0.5) is 0 Å². The van der Waals surface area contributed by atoms with Gasteiger partial charge in [-0.1, -0.05) is 0 Å². The molecule has 13 nitrogen and oxygen atoms in total. The third-order valence-corrected chi connectivity index (χ3v) is 4.87. The summed E-state index contributed by atoms with van der Waals surface area (Å²) < 4.78 is 0. The van der Waals surface area contributed by atoms with E-state index in [0.29, 0.717) is 6.42 Å². The molecule has 0 radical (unpaired) electrons. The SMILES string of the molecule is CC(NC(=O)C(N)CCC(N)=O)C(=O)NC(CCC(=O)O)C(=O)N1CCCC1C(=O)O. The van der Waals surface area contributed by atoms with E-state index in [1.807, 2.05) is 0 Å². The summed E-state index contributed by atoms with van der Waals surface area (Å²) in [5, 5.41) is 22.9. The summed E-state index contributed by atoms with van der Waals surface area (Å²) >= 11 is 0. The molecule has 8 N–H and O–H groups in total. The van der Waals surface area contributed by atoms with Crippen LogP contribution in [0.5, 0.6) is 0 Å². The first kappa shape index (κ1) is 25.8. The van der Waals surface area contributed by atoms with Crippen molar-refractivity contribution >= 4 is 35.6 Å². The number of hydrogen-bond acceptors (Lipinski definition) is 7. The van der Waals surface area contributed by atoms with Crippen molar-refractivity contribution in [3.8, 4) is 0 Å². The van der Waals surface area contributed by atoms with Crippen molar-refractivity contribution < 1.29 is 39.0 Å². The fourth-order valence-corrected chi connectivity index (χ4v) is 3.12. The summed E-state index contributed by atoms with van der Waals surface area (Å²) in [6, 6.07) is -4.52. The number of hydrogen-bond donors (Lipinski definition) is 6. The number of amides is 4. The predicted octanol–water partition coefficient (Wildman–Crippen LogP) is -2.49. The maximum absolute atomic E-state index is 12.8. The number of carbonyl (C=O) groups is 6. The number of nitrogens with zero attached hydrogens (tertiary/aromatic N) is 1. The molecule has 0 saturated carbocycles. The molecule has 174 valence electrons. The first-order valence-electron chi connectivity index (χ1n) is 9.83. The van der Waals surface area contributed by atoms with E-state index in [4.69, 9.17) is 16.6 Å². The summed E-state index contributed by atoms with van der Waals surface area (Å²) in [6.07, 6.45) is -0.0704. The zero-order chi connectivity index (χ0) is 23.7. The maximum Gasteiger partial charge on any atom is 0.326 e. The van der Waals surface area contributed by atoms with E-state index in [9.17, 15) is 33.9 Å². The summed E-state index contributed by atoms with van der Waals surface area (Å²) in [6.45, 7) is 1.51. The molecule has 0 aromatic heterocycles. The number of likely N-dealkylation sites (tertiary alicyclic amines) is 1. The molecular weight excluding hydrogens is 414 g/mol. The highest BCUT2D eigenvalue weighted by molar-refractivity contribution is 5.94. The lowest BCUT2D eigenvalue weighted by molar-refractivity contribution is -0.150. The standard InChI is InChI=1S/C18H29N5O8/c1-9(21-16(28)10(19)4-6-13(20)24)15(27)22-11(5-7-14(25)26)17(29)23-8-2-3-12(23)18(30)31/h9-12H,2-8,19H2,1H3,(H2,20,24)(H,21,28)(H,22,27)(H,25,26)(H,30,31). The van der Waals surface area contributed by atoms with Crippen LogP contribution in [-0.4, -0.2) is 81.4 Å². The Balaban J connectivity index is 2.79. The number of nitrogens with two attached hydrogens (primary N) is 2. The number of primary amides is 1. The molecule has 1 rings (SSSR count). The van der Waals surface area contributed by atoms with Crippen molar-refractivity contribution in [1.82, 2.24) is 15.5 Å². The highest BCUT2D eigenvalue weighted by atomic mass is 16.4. The summed E-state index contributed by atoms with van der Waals surface area (Å²) in [5.74, 6) is -5.18. The maximum atomic E-state index is 12.8. The van der Waals surface area contributed by atoms with Gasteiger partial charge in [-0.05, 0) is 32.6 Å². The number of rotatable bonds is 12. The van der Waals surface area contributed by atoms with Gasteiger partial charge in [-0.15, -0.1) is 0 Å². The first-order valence-corrected chi connectivity index (χ1v) is 9.83. The van der Waals surface area contributed by atoms with E-state index in [1.165, 1.54) is 6.92 Å². The minimum Gasteiger partial charge on any atom is -0.481 e. The molecule has 4 atom stereocenters. The first-order chi connectivity index (χ1) is 14.4. The molecule has 0 aliphatic carbocycles. The van der Waals surface area contributed by atoms with E-state index in [2.05, 4.69) is 10.6 Å². The minimum atomic E-state index is -1.27. The average Bonchev–Trinajstić information content (AvgIpc) is 3.18. The Labute approximate surface area is 178 Å². The van der Waals surface area contributed by atoms with Gasteiger partial charge < -0.3 is 37.2 Å². The fraction of sp³-hybridized carbons (Fsp3) is 0.667. The lowest BCUT2D eigenvalue weighted by Gasteiger charge is -2.28. The summed E-state index contributed by atoms with van der Waals surface area (Å²) in [4.78, 5) is 71.5. The highest BCUT2D eigenvalue weighted by Gasteiger charge is 2.38. The Morgan fingerprint density at radius 3 is 2.23 bits per heavy atom. The molecule has 0 spiro atoms. The molecule has 0 aromatic carbocycles. The van der Waals surface area contributed by atoms with E-state index in [1.54, 1.807) is 0 Å². The number of carboxylic acid groups (broad SMARTS) is 2. The third kappa shape index (κ3) is 8.20. The van der Waals surface area contributed by atoms with Crippen LogP contribution in [0, 0.1) is 0 Å². The van der Waals surface area contributed by atoms with Crippen LogP contribution in [0.15, 0.2) is 0 Å². The van der Waals surface area contributed by atoms with Crippen molar-refractivity contribution in [3.05, 3.63) is 0 Å². The molecule has 1 aliphatic rings. The Hall–Kier alpha value is -3.22. The fourth-order valence-electron chi connectivity index (χ4n) is 3.12. The number of nitrogens with one attached hydrogen (secondary N) is 2. The molecule has 13 heteroatoms. The topological polar surface area (TPSA) is 222 Å². The summed E-state index contributed by atoms with van der Waals surface area (Å²) in [7, 11) is 0. The van der Waals surface area contributed by atoms with Gasteiger partial charge in [0.25, 0.3) is 0 Å². The normalized spacial score (nSPS) is 18.5. The molecule has 1 fully saturated rings. The number of aliphatic carboxylic acids is 2. The third-order valence-electron chi connectivity index (χ3n) is 4.87. The van der Waals surface area contributed by atoms with Crippen molar-refractivity contribution in [1.29, 1.82) is 0 Å². The number of carbonyl (C=O) groups excluding carboxylic acids is 4. The molecule has 0 aromatic rings. The summed E-state index contributed by atoms with van der Waals surface area (Å²) in [5.41, 5.74) is 10.6. The van der Waals surface area contributed by atoms with Crippen LogP contribution in [0.25, 0.3) is 0 Å². The van der Waals surface area contributed by atoms with Gasteiger partial charge in [0, 0.05) is 19.4 Å². The van der Waals surface area contributed by atoms with Crippen LogP contribution in [-0.2, 0) is 28.8 Å². The van der Waals surface area contributed by atoms with Crippen LogP contribution >= 0.6 is 0 Å². The zero-order valence-electron chi connectivity index (χ0n) is 17.2. The zero-order valence-corrected chi connectivity index (χ0v) is 17.2. The van der Waals surface area contributed by atoms with Crippen molar-refractivity contribution in [2.45, 2.75) is 69.6 Å². The van der Waals surface area contributed by atoms with Crippen molar-refractivity contribution in [2.75, 3.05) is 6.54 Å². The van der Waals surface area contributed by atoms with Gasteiger partial charge in [-0.3, -0.25) is 24.0 Å². The Morgan fingerprint density at radius 1 is 1.03 bits per heavy atom. The Morgan fingerprint density at radius 2 is 1.68 bits per heavy atom. The highest BCUT2D eigenvalue weighted by Crippen LogP contribution is 2.19. The molecule has 1 aliphatic heterocycles. The second-order valence-electron chi connectivity index (χ2n) is 7.36. The van der Waals surface area contributed by atoms with Gasteiger partial charge in [0.1, 0.15) is 18.1 Å². The van der Waals surface area contributed by atoms with Crippen LogP contribution in [0.2, 0.25) is 0 Å². The largest absolute Gasteiger partial charge is 0.481 e. The van der Waals surface area contributed by atoms with E-state index >= 15 is 0 Å². The van der Waals surface area contributed by atoms with Gasteiger partial charge in [0.05, 0.1) is 6.04 Å². The van der Waals surface area contributed by atoms with E-state index < -0.39 is 66.2 Å². The minimum absolute atomic E-state index is 0.0131. The van der Waals surface area contributed by atoms with Gasteiger partial charge >= 0.3 is 11.9 Å². The van der Waals surface area contributed by atoms with Crippen molar-refractivity contribution in [2.24, 2.45) is 11.5 Å². The second-order valence-corrected chi connectivity index (χ2v) is 7.36. The van der Waals surface area contributed by atoms with Crippen LogP contribution in [0.3, 0.4) is 0 Å². The predicted molar refractivity (Wildman–Crippen MR) is 105 cm³/mol. The molecule has 1 heterocycles. The van der Waals surface area contributed by atoms with Gasteiger partial charge in [-0.25, -0.2) is 4.79 Å². The number of carboxylic acids is 2. The molecular formula is C18H29N5O8. The van der Waals surface area contributed by atoms with E-state index in [0.717, 1.165) is 4.90 Å². The smallest absolute Gasteiger partial charge is 0.326 e. The average molecular weight is 443 g/mol. The molecule has 4 amide bonds. The van der Waals surface area contributed by atoms with Gasteiger partial charge in [0.15, 0.2) is 0 Å². The second kappa shape index (κ2) is 11.8. The Kier molecular flexibility index (Phi) is 9.86. The Bertz CT molecular complexity index is 728. The monoisotopic (exact) mass is 443 g/mol.